The molecule has 2 rings (SSSR count). The van der Waals surface area contributed by atoms with Crippen LogP contribution >= 0.6 is 0 Å². The van der Waals surface area contributed by atoms with E-state index in [0.29, 0.717) is 0 Å². The standard InChI is InChI=1S/C15H24N2O2S/c1-3-20(18,19)12-13(2)16-14-7-6-8-15(11-14)17-9-4-5-10-17/h6-8,11,13,16H,3-5,9-10,12H2,1-2H3. The first-order valence-electron chi connectivity index (χ1n) is 7.32. The first-order chi connectivity index (χ1) is 9.50. The van der Waals surface area contributed by atoms with Gasteiger partial charge in [-0.1, -0.05) is 13.0 Å². The first-order valence-corrected chi connectivity index (χ1v) is 9.14. The van der Waals surface area contributed by atoms with Gasteiger partial charge in [-0.05, 0) is 38.0 Å². The van der Waals surface area contributed by atoms with Gasteiger partial charge in [-0.3, -0.25) is 0 Å². The van der Waals surface area contributed by atoms with Crippen LogP contribution in [-0.2, 0) is 9.84 Å². The van der Waals surface area contributed by atoms with E-state index in [-0.39, 0.29) is 17.5 Å². The predicted octanol–water partition coefficient (Wildman–Crippen LogP) is 2.52. The number of sulfone groups is 1. The Labute approximate surface area is 122 Å². The molecule has 1 aromatic carbocycles. The van der Waals surface area contributed by atoms with Crippen LogP contribution in [0.4, 0.5) is 11.4 Å². The lowest BCUT2D eigenvalue weighted by Crippen LogP contribution is -2.26. The fraction of sp³-hybridized carbons (Fsp3) is 0.600. The zero-order valence-electron chi connectivity index (χ0n) is 12.3. The van der Waals surface area contributed by atoms with Gasteiger partial charge in [-0.15, -0.1) is 0 Å². The van der Waals surface area contributed by atoms with E-state index in [9.17, 15) is 8.42 Å². The lowest BCUT2D eigenvalue weighted by atomic mass is 10.2. The minimum absolute atomic E-state index is 0.0752. The van der Waals surface area contributed by atoms with E-state index in [0.717, 1.165) is 18.8 Å². The summed E-state index contributed by atoms with van der Waals surface area (Å²) in [5.41, 5.74) is 2.21. The van der Waals surface area contributed by atoms with Gasteiger partial charge in [0.2, 0.25) is 0 Å². The SMILES string of the molecule is CCS(=O)(=O)CC(C)Nc1cccc(N2CCCC2)c1. The molecule has 0 spiro atoms. The van der Waals surface area contributed by atoms with E-state index < -0.39 is 9.84 Å². The number of rotatable bonds is 6. The van der Waals surface area contributed by atoms with Crippen LogP contribution in [0.3, 0.4) is 0 Å². The quantitative estimate of drug-likeness (QED) is 0.876. The third-order valence-corrected chi connectivity index (χ3v) is 5.56. The fourth-order valence-corrected chi connectivity index (χ4v) is 3.67. The van der Waals surface area contributed by atoms with Crippen molar-refractivity contribution < 1.29 is 8.42 Å². The Bertz CT molecular complexity index is 537. The van der Waals surface area contributed by atoms with Crippen molar-refractivity contribution in [2.75, 3.05) is 34.8 Å². The molecule has 112 valence electrons. The van der Waals surface area contributed by atoms with Gasteiger partial charge in [-0.25, -0.2) is 8.42 Å². The van der Waals surface area contributed by atoms with Crippen LogP contribution in [0.1, 0.15) is 26.7 Å². The molecule has 1 heterocycles. The van der Waals surface area contributed by atoms with Crippen molar-refractivity contribution in [3.63, 3.8) is 0 Å². The van der Waals surface area contributed by atoms with Crippen molar-refractivity contribution >= 4 is 21.2 Å². The molecule has 1 aromatic rings. The van der Waals surface area contributed by atoms with Crippen molar-refractivity contribution in [2.45, 2.75) is 32.7 Å². The molecule has 1 aliphatic heterocycles. The van der Waals surface area contributed by atoms with Crippen LogP contribution in [0.5, 0.6) is 0 Å². The molecule has 1 unspecified atom stereocenters. The summed E-state index contributed by atoms with van der Waals surface area (Å²) < 4.78 is 23.3. The molecule has 4 nitrogen and oxygen atoms in total. The average molecular weight is 296 g/mol. The number of hydrogen-bond acceptors (Lipinski definition) is 4. The van der Waals surface area contributed by atoms with Gasteiger partial charge in [0.05, 0.1) is 5.75 Å². The molecule has 0 saturated carbocycles. The number of hydrogen-bond donors (Lipinski definition) is 1. The van der Waals surface area contributed by atoms with Gasteiger partial charge >= 0.3 is 0 Å². The number of nitrogens with one attached hydrogen (secondary N) is 1. The summed E-state index contributed by atoms with van der Waals surface area (Å²) in [4.78, 5) is 2.37. The second kappa shape index (κ2) is 6.48. The van der Waals surface area contributed by atoms with Gasteiger partial charge < -0.3 is 10.2 Å². The third kappa shape index (κ3) is 4.13. The van der Waals surface area contributed by atoms with Crippen molar-refractivity contribution in [3.8, 4) is 0 Å². The highest BCUT2D eigenvalue weighted by Crippen LogP contribution is 2.23. The molecule has 1 aliphatic rings. The summed E-state index contributed by atoms with van der Waals surface area (Å²) in [6, 6.07) is 8.17. The summed E-state index contributed by atoms with van der Waals surface area (Å²) in [7, 11) is -2.94. The highest BCUT2D eigenvalue weighted by Gasteiger charge is 2.15. The van der Waals surface area contributed by atoms with E-state index in [1.165, 1.54) is 18.5 Å². The maximum absolute atomic E-state index is 11.6. The zero-order valence-corrected chi connectivity index (χ0v) is 13.1. The molecule has 0 aromatic heterocycles. The maximum atomic E-state index is 11.6. The molecule has 1 atom stereocenters. The summed E-state index contributed by atoms with van der Waals surface area (Å²) in [6.07, 6.45) is 2.51. The van der Waals surface area contributed by atoms with Crippen molar-refractivity contribution in [1.29, 1.82) is 0 Å². The Balaban J connectivity index is 2.00. The van der Waals surface area contributed by atoms with Crippen LogP contribution in [0.25, 0.3) is 0 Å². The molecule has 0 amide bonds. The van der Waals surface area contributed by atoms with Gasteiger partial charge in [-0.2, -0.15) is 0 Å². The molecular formula is C15H24N2O2S. The number of nitrogens with zero attached hydrogens (tertiary/aromatic N) is 1. The third-order valence-electron chi connectivity index (χ3n) is 3.67. The number of anilines is 2. The molecule has 0 aliphatic carbocycles. The Morgan fingerprint density at radius 3 is 2.65 bits per heavy atom. The molecule has 5 heteroatoms. The van der Waals surface area contributed by atoms with Crippen LogP contribution in [0.15, 0.2) is 24.3 Å². The molecule has 0 bridgehead atoms. The Morgan fingerprint density at radius 1 is 1.30 bits per heavy atom. The number of benzene rings is 1. The van der Waals surface area contributed by atoms with Gasteiger partial charge in [0.1, 0.15) is 0 Å². The lowest BCUT2D eigenvalue weighted by Gasteiger charge is -2.20. The van der Waals surface area contributed by atoms with Crippen LogP contribution in [0.2, 0.25) is 0 Å². The molecular weight excluding hydrogens is 272 g/mol. The molecule has 1 N–H and O–H groups in total. The summed E-state index contributed by atoms with van der Waals surface area (Å²) in [6.45, 7) is 5.83. The van der Waals surface area contributed by atoms with Crippen molar-refractivity contribution in [3.05, 3.63) is 24.3 Å². The molecule has 20 heavy (non-hydrogen) atoms. The highest BCUT2D eigenvalue weighted by atomic mass is 32.2. The van der Waals surface area contributed by atoms with Gasteiger partial charge in [0.15, 0.2) is 9.84 Å². The molecule has 1 fully saturated rings. The van der Waals surface area contributed by atoms with E-state index in [1.54, 1.807) is 6.92 Å². The van der Waals surface area contributed by atoms with E-state index in [1.807, 2.05) is 19.1 Å². The second-order valence-corrected chi connectivity index (χ2v) is 7.89. The van der Waals surface area contributed by atoms with Crippen LogP contribution in [0, 0.1) is 0 Å². The predicted molar refractivity (Wildman–Crippen MR) is 85.3 cm³/mol. The average Bonchev–Trinajstić information content (AvgIpc) is 2.92. The topological polar surface area (TPSA) is 49.4 Å². The monoisotopic (exact) mass is 296 g/mol. The molecule has 1 saturated heterocycles. The second-order valence-electron chi connectivity index (χ2n) is 5.49. The summed E-state index contributed by atoms with van der Waals surface area (Å²) in [5.74, 6) is 0.379. The largest absolute Gasteiger partial charge is 0.382 e. The van der Waals surface area contributed by atoms with Crippen molar-refractivity contribution in [2.24, 2.45) is 0 Å². The van der Waals surface area contributed by atoms with Crippen LogP contribution < -0.4 is 10.2 Å². The van der Waals surface area contributed by atoms with Crippen molar-refractivity contribution in [1.82, 2.24) is 0 Å². The van der Waals surface area contributed by atoms with E-state index in [2.05, 4.69) is 22.3 Å². The fourth-order valence-electron chi connectivity index (χ4n) is 2.59. The Hall–Kier alpha value is -1.23. The normalized spacial score (nSPS) is 17.2. The Morgan fingerprint density at radius 2 is 2.00 bits per heavy atom. The smallest absolute Gasteiger partial charge is 0.152 e. The van der Waals surface area contributed by atoms with E-state index in [4.69, 9.17) is 0 Å². The summed E-state index contributed by atoms with van der Waals surface area (Å²) in [5, 5.41) is 3.29. The van der Waals surface area contributed by atoms with Crippen LogP contribution in [-0.4, -0.2) is 39.1 Å². The summed E-state index contributed by atoms with van der Waals surface area (Å²) >= 11 is 0. The Kier molecular flexibility index (Phi) is 4.91. The first kappa shape index (κ1) is 15.2. The lowest BCUT2D eigenvalue weighted by molar-refractivity contribution is 0.593. The zero-order chi connectivity index (χ0) is 14.6. The highest BCUT2D eigenvalue weighted by molar-refractivity contribution is 7.91. The minimum Gasteiger partial charge on any atom is -0.382 e. The minimum atomic E-state index is -2.94. The van der Waals surface area contributed by atoms with E-state index >= 15 is 0 Å². The van der Waals surface area contributed by atoms with Gasteiger partial charge in [0.25, 0.3) is 0 Å². The molecule has 0 radical (unpaired) electrons. The maximum Gasteiger partial charge on any atom is 0.152 e. The van der Waals surface area contributed by atoms with Gasteiger partial charge in [0, 0.05) is 36.3 Å².